The van der Waals surface area contributed by atoms with Crippen LogP contribution in [0.15, 0.2) is 24.3 Å². The van der Waals surface area contributed by atoms with E-state index in [1.54, 1.807) is 0 Å². The highest BCUT2D eigenvalue weighted by molar-refractivity contribution is 7.17. The fourth-order valence-corrected chi connectivity index (χ4v) is 2.88. The minimum absolute atomic E-state index is 0.205. The molecule has 2 aromatic rings. The van der Waals surface area contributed by atoms with Gasteiger partial charge >= 0.3 is 0 Å². The van der Waals surface area contributed by atoms with Gasteiger partial charge < -0.3 is 5.32 Å². The van der Waals surface area contributed by atoms with Crippen LogP contribution in [0.4, 0.5) is 0 Å². The predicted octanol–water partition coefficient (Wildman–Crippen LogP) is 2.26. The number of benzene rings is 1. The number of nitrogens with zero attached hydrogens (tertiary/aromatic N) is 2. The van der Waals surface area contributed by atoms with Gasteiger partial charge in [-0.25, -0.2) is 0 Å². The lowest BCUT2D eigenvalue weighted by atomic mass is 9.77. The van der Waals surface area contributed by atoms with Gasteiger partial charge in [-0.05, 0) is 29.1 Å². The van der Waals surface area contributed by atoms with Gasteiger partial charge in [0, 0.05) is 12.5 Å². The topological polar surface area (TPSA) is 54.9 Å². The van der Waals surface area contributed by atoms with Gasteiger partial charge in [-0.3, -0.25) is 4.79 Å². The van der Waals surface area contributed by atoms with Crippen LogP contribution in [0.2, 0.25) is 4.47 Å². The van der Waals surface area contributed by atoms with Crippen molar-refractivity contribution in [2.24, 2.45) is 0 Å². The first-order valence-corrected chi connectivity index (χ1v) is 6.78. The summed E-state index contributed by atoms with van der Waals surface area (Å²) >= 11 is 6.73. The van der Waals surface area contributed by atoms with Crippen LogP contribution in [0.1, 0.15) is 26.8 Å². The van der Waals surface area contributed by atoms with Gasteiger partial charge in [0.1, 0.15) is 0 Å². The lowest BCUT2D eigenvalue weighted by Crippen LogP contribution is -2.33. The number of rotatable bonds is 3. The number of fused-ring (bicyclic) bond motifs is 1. The van der Waals surface area contributed by atoms with Gasteiger partial charge in [0.2, 0.25) is 9.47 Å². The Bertz CT molecular complexity index is 599. The monoisotopic (exact) mass is 279 g/mol. The summed E-state index contributed by atoms with van der Waals surface area (Å²) in [5.41, 5.74) is 2.70. The standard InChI is InChI=1S/C12H10ClN3OS/c13-12-16-15-11(18-12)10(17)14-6-8-5-7-3-1-2-4-9(7)8/h1-4,8H,5-6H2,(H,14,17). The molecule has 1 N–H and O–H groups in total. The second kappa shape index (κ2) is 4.66. The quantitative estimate of drug-likeness (QED) is 0.938. The van der Waals surface area contributed by atoms with Crippen molar-refractivity contribution >= 4 is 28.8 Å². The van der Waals surface area contributed by atoms with E-state index in [4.69, 9.17) is 11.6 Å². The Morgan fingerprint density at radius 3 is 3.00 bits per heavy atom. The third-order valence-electron chi connectivity index (χ3n) is 3.06. The van der Waals surface area contributed by atoms with Crippen molar-refractivity contribution in [1.82, 2.24) is 15.5 Å². The maximum absolute atomic E-state index is 11.8. The van der Waals surface area contributed by atoms with E-state index in [0.717, 1.165) is 17.8 Å². The minimum Gasteiger partial charge on any atom is -0.349 e. The average Bonchev–Trinajstić information content (AvgIpc) is 2.77. The molecule has 1 aromatic heterocycles. The molecule has 1 aliphatic carbocycles. The highest BCUT2D eigenvalue weighted by atomic mass is 35.5. The van der Waals surface area contributed by atoms with Crippen LogP contribution in [0.3, 0.4) is 0 Å². The fraction of sp³-hybridized carbons (Fsp3) is 0.250. The molecule has 4 nitrogen and oxygen atoms in total. The van der Waals surface area contributed by atoms with Crippen LogP contribution in [0.25, 0.3) is 0 Å². The molecule has 1 aliphatic rings. The van der Waals surface area contributed by atoms with Crippen LogP contribution in [0, 0.1) is 0 Å². The molecule has 18 heavy (non-hydrogen) atoms. The Balaban J connectivity index is 1.59. The van der Waals surface area contributed by atoms with Crippen molar-refractivity contribution in [2.45, 2.75) is 12.3 Å². The molecule has 0 bridgehead atoms. The van der Waals surface area contributed by atoms with Crippen LogP contribution in [0.5, 0.6) is 0 Å². The molecule has 1 heterocycles. The lowest BCUT2D eigenvalue weighted by Gasteiger charge is -2.29. The van der Waals surface area contributed by atoms with Crippen LogP contribution in [-0.4, -0.2) is 22.6 Å². The largest absolute Gasteiger partial charge is 0.349 e. The number of carbonyl (C=O) groups is 1. The van der Waals surface area contributed by atoms with Gasteiger partial charge in [-0.1, -0.05) is 35.6 Å². The molecule has 0 saturated carbocycles. The summed E-state index contributed by atoms with van der Waals surface area (Å²) in [5.74, 6) is 0.206. The number of carbonyl (C=O) groups excluding carboxylic acids is 1. The van der Waals surface area contributed by atoms with Gasteiger partial charge in [0.25, 0.3) is 5.91 Å². The van der Waals surface area contributed by atoms with Crippen molar-refractivity contribution in [2.75, 3.05) is 6.54 Å². The molecule has 1 atom stereocenters. The molecular formula is C12H10ClN3OS. The SMILES string of the molecule is O=C(NCC1Cc2ccccc21)c1nnc(Cl)s1. The number of amides is 1. The molecule has 6 heteroatoms. The van der Waals surface area contributed by atoms with E-state index in [-0.39, 0.29) is 10.4 Å². The van der Waals surface area contributed by atoms with Crippen LogP contribution in [-0.2, 0) is 6.42 Å². The van der Waals surface area contributed by atoms with E-state index in [2.05, 4.69) is 27.6 Å². The normalized spacial score (nSPS) is 16.8. The molecule has 92 valence electrons. The van der Waals surface area contributed by atoms with Gasteiger partial charge in [-0.2, -0.15) is 0 Å². The first-order valence-electron chi connectivity index (χ1n) is 5.59. The van der Waals surface area contributed by atoms with Crippen LogP contribution >= 0.6 is 22.9 Å². The number of halogens is 1. The van der Waals surface area contributed by atoms with E-state index in [9.17, 15) is 4.79 Å². The fourth-order valence-electron chi connectivity index (χ4n) is 2.13. The van der Waals surface area contributed by atoms with E-state index >= 15 is 0 Å². The molecular weight excluding hydrogens is 270 g/mol. The number of hydrogen-bond acceptors (Lipinski definition) is 4. The summed E-state index contributed by atoms with van der Waals surface area (Å²) < 4.78 is 0.286. The molecule has 0 saturated heterocycles. The maximum Gasteiger partial charge on any atom is 0.282 e. The lowest BCUT2D eigenvalue weighted by molar-refractivity contribution is 0.0949. The molecule has 0 spiro atoms. The Kier molecular flexibility index (Phi) is 3.01. The molecule has 0 aliphatic heterocycles. The van der Waals surface area contributed by atoms with Gasteiger partial charge in [0.15, 0.2) is 0 Å². The van der Waals surface area contributed by atoms with Crippen molar-refractivity contribution in [1.29, 1.82) is 0 Å². The summed E-state index contributed by atoms with van der Waals surface area (Å²) in [4.78, 5) is 11.8. The second-order valence-corrected chi connectivity index (χ2v) is 5.73. The molecule has 1 aromatic carbocycles. The van der Waals surface area contributed by atoms with E-state index in [1.165, 1.54) is 11.1 Å². The Morgan fingerprint density at radius 2 is 2.28 bits per heavy atom. The molecule has 3 rings (SSSR count). The van der Waals surface area contributed by atoms with Crippen LogP contribution < -0.4 is 5.32 Å². The maximum atomic E-state index is 11.8. The Hall–Kier alpha value is -1.46. The number of aromatic nitrogens is 2. The Morgan fingerprint density at radius 1 is 1.44 bits per heavy atom. The minimum atomic E-state index is -0.205. The van der Waals surface area contributed by atoms with Gasteiger partial charge in [-0.15, -0.1) is 10.2 Å². The second-order valence-electron chi connectivity index (χ2n) is 4.17. The van der Waals surface area contributed by atoms with E-state index in [0.29, 0.717) is 17.5 Å². The smallest absolute Gasteiger partial charge is 0.282 e. The zero-order chi connectivity index (χ0) is 12.5. The Labute approximate surface area is 113 Å². The van der Waals surface area contributed by atoms with E-state index < -0.39 is 0 Å². The summed E-state index contributed by atoms with van der Waals surface area (Å²) in [6, 6.07) is 8.30. The summed E-state index contributed by atoms with van der Waals surface area (Å²) in [5, 5.41) is 10.5. The highest BCUT2D eigenvalue weighted by Gasteiger charge is 2.26. The molecule has 0 radical (unpaired) electrons. The summed E-state index contributed by atoms with van der Waals surface area (Å²) in [6.07, 6.45) is 1.02. The van der Waals surface area contributed by atoms with Crippen molar-refractivity contribution < 1.29 is 4.79 Å². The average molecular weight is 280 g/mol. The zero-order valence-corrected chi connectivity index (χ0v) is 11.0. The first-order chi connectivity index (χ1) is 8.74. The summed E-state index contributed by atoms with van der Waals surface area (Å²) in [6.45, 7) is 0.632. The predicted molar refractivity (Wildman–Crippen MR) is 70.1 cm³/mol. The molecule has 1 unspecified atom stereocenters. The third kappa shape index (κ3) is 2.11. The molecule has 0 fully saturated rings. The third-order valence-corrected chi connectivity index (χ3v) is 4.08. The van der Waals surface area contributed by atoms with Crippen molar-refractivity contribution in [3.63, 3.8) is 0 Å². The summed E-state index contributed by atoms with van der Waals surface area (Å²) in [7, 11) is 0. The highest BCUT2D eigenvalue weighted by Crippen LogP contribution is 2.34. The molecule has 1 amide bonds. The van der Waals surface area contributed by atoms with Gasteiger partial charge in [0.05, 0.1) is 0 Å². The number of hydrogen-bond donors (Lipinski definition) is 1. The first kappa shape index (κ1) is 11.6. The van der Waals surface area contributed by atoms with E-state index in [1.807, 2.05) is 12.1 Å². The number of nitrogens with one attached hydrogen (secondary N) is 1. The zero-order valence-electron chi connectivity index (χ0n) is 9.39. The van der Waals surface area contributed by atoms with Crippen molar-refractivity contribution in [3.8, 4) is 0 Å². The van der Waals surface area contributed by atoms with Crippen molar-refractivity contribution in [3.05, 3.63) is 44.9 Å².